The minimum absolute atomic E-state index is 0.0362. The van der Waals surface area contributed by atoms with Gasteiger partial charge in [-0.2, -0.15) is 0 Å². The van der Waals surface area contributed by atoms with E-state index in [2.05, 4.69) is 30.4 Å². The van der Waals surface area contributed by atoms with E-state index in [4.69, 9.17) is 5.73 Å². The zero-order valence-electron chi connectivity index (χ0n) is 15.1. The quantitative estimate of drug-likeness (QED) is 0.732. The molecule has 0 aliphatic heterocycles. The predicted molar refractivity (Wildman–Crippen MR) is 96.5 cm³/mol. The molecule has 3 aromatic heterocycles. The Bertz CT molecular complexity index is 860. The van der Waals surface area contributed by atoms with Gasteiger partial charge in [0.05, 0.1) is 24.3 Å². The fraction of sp³-hybridized carbons (Fsp3) is 0.294. The zero-order chi connectivity index (χ0) is 18.9. The fourth-order valence-electron chi connectivity index (χ4n) is 2.19. The van der Waals surface area contributed by atoms with E-state index in [1.54, 1.807) is 6.20 Å². The Kier molecular flexibility index (Phi) is 4.37. The van der Waals surface area contributed by atoms with E-state index in [-0.39, 0.29) is 11.7 Å². The van der Waals surface area contributed by atoms with E-state index >= 15 is 0 Å². The first-order valence-corrected chi connectivity index (χ1v) is 8.03. The third-order valence-corrected chi connectivity index (χ3v) is 3.34. The van der Waals surface area contributed by atoms with Crippen LogP contribution >= 0.6 is 0 Å². The number of aryl methyl sites for hydroxylation is 1. The largest absolute Gasteiger partial charge is 0.382 e. The predicted octanol–water partition coefficient (Wildman–Crippen LogP) is 1.54. The summed E-state index contributed by atoms with van der Waals surface area (Å²) in [5.74, 6) is 0.333. The van der Waals surface area contributed by atoms with Crippen LogP contribution in [-0.2, 0) is 0 Å². The molecule has 0 atom stereocenters. The Morgan fingerprint density at radius 1 is 1.12 bits per heavy atom. The molecular weight excluding hydrogens is 332 g/mol. The molecule has 0 fully saturated rings. The maximum Gasteiger partial charge on any atom is 0.291 e. The summed E-state index contributed by atoms with van der Waals surface area (Å²) in [6, 6.07) is 3.70. The molecule has 0 saturated heterocycles. The number of rotatable bonds is 3. The minimum Gasteiger partial charge on any atom is -0.382 e. The highest BCUT2D eigenvalue weighted by molar-refractivity contribution is 5.91. The molecule has 3 rings (SSSR count). The maximum atomic E-state index is 12.5. The Balaban J connectivity index is 2.09. The van der Waals surface area contributed by atoms with E-state index < -0.39 is 5.54 Å². The number of pyridine rings is 1. The van der Waals surface area contributed by atoms with Crippen LogP contribution < -0.4 is 11.1 Å². The highest BCUT2D eigenvalue weighted by Gasteiger charge is 2.23. The highest BCUT2D eigenvalue weighted by Crippen LogP contribution is 2.19. The highest BCUT2D eigenvalue weighted by atomic mass is 16.2. The molecule has 0 aliphatic rings. The number of aromatic nitrogens is 6. The molecule has 0 bridgehead atoms. The van der Waals surface area contributed by atoms with Crippen LogP contribution in [0.2, 0.25) is 0 Å². The number of nitrogens with zero attached hydrogens (tertiary/aromatic N) is 6. The third-order valence-electron chi connectivity index (χ3n) is 3.34. The molecule has 3 aromatic rings. The van der Waals surface area contributed by atoms with Crippen LogP contribution in [0.15, 0.2) is 30.7 Å². The molecule has 0 spiro atoms. The number of hydrogen-bond acceptors (Lipinski definition) is 7. The van der Waals surface area contributed by atoms with E-state index in [9.17, 15) is 4.79 Å². The number of nitrogens with two attached hydrogens (primary N) is 1. The molecule has 0 radical (unpaired) electrons. The third kappa shape index (κ3) is 3.82. The molecule has 26 heavy (non-hydrogen) atoms. The topological polar surface area (TPSA) is 124 Å². The second-order valence-corrected chi connectivity index (χ2v) is 6.86. The van der Waals surface area contributed by atoms with Gasteiger partial charge in [0.25, 0.3) is 5.91 Å². The number of carbonyl (C=O) groups excluding carboxylic acids is 1. The van der Waals surface area contributed by atoms with Crippen LogP contribution in [-0.4, -0.2) is 41.2 Å². The zero-order valence-corrected chi connectivity index (χ0v) is 15.1. The number of anilines is 1. The lowest BCUT2D eigenvalue weighted by molar-refractivity contribution is 0.0909. The van der Waals surface area contributed by atoms with Crippen molar-refractivity contribution in [2.24, 2.45) is 0 Å². The smallest absolute Gasteiger partial charge is 0.291 e. The Labute approximate surface area is 150 Å². The lowest BCUT2D eigenvalue weighted by Crippen LogP contribution is -2.41. The van der Waals surface area contributed by atoms with Gasteiger partial charge in [-0.3, -0.25) is 9.78 Å². The van der Waals surface area contributed by atoms with Crippen molar-refractivity contribution < 1.29 is 4.79 Å². The van der Waals surface area contributed by atoms with Gasteiger partial charge in [0.2, 0.25) is 5.82 Å². The number of nitrogen functional groups attached to an aromatic ring is 1. The van der Waals surface area contributed by atoms with Crippen molar-refractivity contribution in [2.45, 2.75) is 33.2 Å². The number of hydrogen-bond donors (Lipinski definition) is 2. The van der Waals surface area contributed by atoms with E-state index in [1.165, 1.54) is 17.1 Å². The average molecular weight is 352 g/mol. The van der Waals surface area contributed by atoms with Gasteiger partial charge >= 0.3 is 0 Å². The molecule has 9 heteroatoms. The summed E-state index contributed by atoms with van der Waals surface area (Å²) in [6.45, 7) is 7.55. The maximum absolute atomic E-state index is 12.5. The normalized spacial score (nSPS) is 11.4. The van der Waals surface area contributed by atoms with Crippen molar-refractivity contribution >= 4 is 11.7 Å². The molecule has 1 amide bonds. The minimum atomic E-state index is -0.408. The second-order valence-electron chi connectivity index (χ2n) is 6.86. The first-order valence-electron chi connectivity index (χ1n) is 8.03. The summed E-state index contributed by atoms with van der Waals surface area (Å²) in [5.41, 5.74) is 7.17. The fourth-order valence-corrected chi connectivity index (χ4v) is 2.19. The molecule has 9 nitrogen and oxygen atoms in total. The summed E-state index contributed by atoms with van der Waals surface area (Å²) in [5, 5.41) is 7.20. The van der Waals surface area contributed by atoms with Gasteiger partial charge in [-0.05, 0) is 39.8 Å². The van der Waals surface area contributed by atoms with Gasteiger partial charge in [-0.25, -0.2) is 19.6 Å². The molecule has 0 aliphatic carbocycles. The second kappa shape index (κ2) is 6.51. The summed E-state index contributed by atoms with van der Waals surface area (Å²) >= 11 is 0. The summed E-state index contributed by atoms with van der Waals surface area (Å²) < 4.78 is 1.52. The molecule has 0 unspecified atom stereocenters. The van der Waals surface area contributed by atoms with Crippen LogP contribution in [0.25, 0.3) is 17.2 Å². The SMILES string of the molecule is Cc1ccc(-n2nc(C(=O)NC(C)(C)C)nc2-c2cnc(N)cn2)cn1. The van der Waals surface area contributed by atoms with E-state index in [1.807, 2.05) is 39.8 Å². The number of nitrogens with one attached hydrogen (secondary N) is 1. The van der Waals surface area contributed by atoms with Crippen molar-refractivity contribution in [3.05, 3.63) is 42.2 Å². The van der Waals surface area contributed by atoms with E-state index in [0.29, 0.717) is 23.0 Å². The molecule has 3 heterocycles. The monoisotopic (exact) mass is 352 g/mol. The van der Waals surface area contributed by atoms with Crippen molar-refractivity contribution in [3.63, 3.8) is 0 Å². The summed E-state index contributed by atoms with van der Waals surface area (Å²) in [7, 11) is 0. The average Bonchev–Trinajstić information content (AvgIpc) is 3.00. The van der Waals surface area contributed by atoms with Gasteiger partial charge in [-0.1, -0.05) is 0 Å². The lowest BCUT2D eigenvalue weighted by Gasteiger charge is -2.18. The van der Waals surface area contributed by atoms with E-state index in [0.717, 1.165) is 5.69 Å². The van der Waals surface area contributed by atoms with Gasteiger partial charge < -0.3 is 11.1 Å². The van der Waals surface area contributed by atoms with Crippen LogP contribution in [0.5, 0.6) is 0 Å². The van der Waals surface area contributed by atoms with Crippen molar-refractivity contribution in [3.8, 4) is 17.2 Å². The molecular formula is C17H20N8O. The van der Waals surface area contributed by atoms with Crippen LogP contribution in [0.4, 0.5) is 5.82 Å². The van der Waals surface area contributed by atoms with Gasteiger partial charge in [0, 0.05) is 11.2 Å². The van der Waals surface area contributed by atoms with Gasteiger partial charge in [0.15, 0.2) is 5.82 Å². The van der Waals surface area contributed by atoms with Gasteiger partial charge in [-0.15, -0.1) is 5.10 Å². The van der Waals surface area contributed by atoms with Crippen LogP contribution in [0.3, 0.4) is 0 Å². The first kappa shape index (κ1) is 17.5. The van der Waals surface area contributed by atoms with Crippen LogP contribution in [0, 0.1) is 6.92 Å². The van der Waals surface area contributed by atoms with Crippen molar-refractivity contribution in [2.75, 3.05) is 5.73 Å². The molecule has 134 valence electrons. The van der Waals surface area contributed by atoms with Crippen LogP contribution in [0.1, 0.15) is 37.1 Å². The number of amides is 1. The van der Waals surface area contributed by atoms with Crippen molar-refractivity contribution in [1.29, 1.82) is 0 Å². The summed E-state index contributed by atoms with van der Waals surface area (Å²) in [4.78, 5) is 29.4. The summed E-state index contributed by atoms with van der Waals surface area (Å²) in [6.07, 6.45) is 4.57. The molecule has 0 aromatic carbocycles. The lowest BCUT2D eigenvalue weighted by atomic mass is 10.1. The molecule has 0 saturated carbocycles. The molecule has 3 N–H and O–H groups in total. The van der Waals surface area contributed by atoms with Gasteiger partial charge in [0.1, 0.15) is 11.5 Å². The van der Waals surface area contributed by atoms with Crippen molar-refractivity contribution in [1.82, 2.24) is 35.0 Å². The standard InChI is InChI=1S/C17H20N8O/c1-10-5-6-11(7-19-10)25-15(12-8-21-13(18)9-20-12)22-14(24-25)16(26)23-17(2,3)4/h5-9H,1-4H3,(H2,18,21)(H,23,26). The number of carbonyl (C=O) groups is 1. The first-order chi connectivity index (χ1) is 12.2. The Morgan fingerprint density at radius 3 is 2.46 bits per heavy atom. The Hall–Kier alpha value is -3.36. The Morgan fingerprint density at radius 2 is 1.88 bits per heavy atom.